The second-order valence-electron chi connectivity index (χ2n) is 7.34. The van der Waals surface area contributed by atoms with E-state index in [0.29, 0.717) is 24.9 Å². The van der Waals surface area contributed by atoms with Crippen LogP contribution >= 0.6 is 0 Å². The Bertz CT molecular complexity index is 669. The number of halogens is 2. The molecule has 0 bridgehead atoms. The first-order valence-electron chi connectivity index (χ1n) is 9.79. The van der Waals surface area contributed by atoms with Crippen molar-refractivity contribution in [1.82, 2.24) is 15.1 Å². The first kappa shape index (κ1) is 19.7. The van der Waals surface area contributed by atoms with Crippen LogP contribution in [0, 0.1) is 11.6 Å². The molecule has 5 nitrogen and oxygen atoms in total. The van der Waals surface area contributed by atoms with Crippen LogP contribution in [0.15, 0.2) is 18.2 Å². The van der Waals surface area contributed by atoms with Gasteiger partial charge in [0.1, 0.15) is 11.6 Å². The largest absolute Gasteiger partial charge is 0.352 e. The normalized spacial score (nSPS) is 18.7. The van der Waals surface area contributed by atoms with Crippen molar-refractivity contribution in [3.8, 4) is 0 Å². The second kappa shape index (κ2) is 9.26. The number of nitrogens with zero attached hydrogens (tertiary/aromatic N) is 2. The number of carbonyl (C=O) groups excluding carboxylic acids is 2. The van der Waals surface area contributed by atoms with Crippen LogP contribution in [-0.2, 0) is 4.79 Å². The molecule has 0 atom stereocenters. The smallest absolute Gasteiger partial charge is 0.254 e. The Morgan fingerprint density at radius 3 is 2.44 bits per heavy atom. The second-order valence-corrected chi connectivity index (χ2v) is 7.34. The van der Waals surface area contributed by atoms with Crippen molar-refractivity contribution < 1.29 is 18.4 Å². The van der Waals surface area contributed by atoms with Crippen LogP contribution in [-0.4, -0.2) is 60.4 Å². The van der Waals surface area contributed by atoms with Crippen LogP contribution in [0.3, 0.4) is 0 Å². The van der Waals surface area contributed by atoms with Gasteiger partial charge in [0.05, 0.1) is 5.56 Å². The molecule has 1 heterocycles. The summed E-state index contributed by atoms with van der Waals surface area (Å²) in [6, 6.07) is 3.55. The first-order chi connectivity index (χ1) is 13.0. The van der Waals surface area contributed by atoms with Gasteiger partial charge in [-0.1, -0.05) is 12.8 Å². The molecule has 0 radical (unpaired) electrons. The van der Waals surface area contributed by atoms with E-state index in [1.54, 1.807) is 0 Å². The van der Waals surface area contributed by atoms with Crippen molar-refractivity contribution in [2.45, 2.75) is 44.6 Å². The zero-order chi connectivity index (χ0) is 19.2. The van der Waals surface area contributed by atoms with E-state index in [1.165, 1.54) is 25.7 Å². The summed E-state index contributed by atoms with van der Waals surface area (Å²) in [7, 11) is 0. The molecule has 1 aliphatic carbocycles. The third-order valence-electron chi connectivity index (χ3n) is 5.54. The van der Waals surface area contributed by atoms with Gasteiger partial charge in [-0.3, -0.25) is 14.5 Å². The highest BCUT2D eigenvalue weighted by Gasteiger charge is 2.27. The fourth-order valence-electron chi connectivity index (χ4n) is 3.97. The number of amides is 2. The average Bonchev–Trinajstić information content (AvgIpc) is 3.20. The summed E-state index contributed by atoms with van der Waals surface area (Å²) in [5, 5.41) is 2.58. The Balaban J connectivity index is 1.34. The lowest BCUT2D eigenvalue weighted by molar-refractivity contribution is -0.133. The minimum absolute atomic E-state index is 0.100. The molecule has 7 heteroatoms. The van der Waals surface area contributed by atoms with Crippen LogP contribution in [0.1, 0.15) is 48.9 Å². The minimum Gasteiger partial charge on any atom is -0.352 e. The van der Waals surface area contributed by atoms with Gasteiger partial charge in [-0.15, -0.1) is 0 Å². The average molecular weight is 379 g/mol. The maximum absolute atomic E-state index is 13.6. The lowest BCUT2D eigenvalue weighted by Crippen LogP contribution is -2.51. The Kier molecular flexibility index (Phi) is 6.77. The van der Waals surface area contributed by atoms with E-state index in [4.69, 9.17) is 0 Å². The highest BCUT2D eigenvalue weighted by Crippen LogP contribution is 2.24. The Morgan fingerprint density at radius 2 is 1.78 bits per heavy atom. The van der Waals surface area contributed by atoms with Crippen molar-refractivity contribution in [3.05, 3.63) is 35.4 Å². The number of benzene rings is 1. The first-order valence-corrected chi connectivity index (χ1v) is 9.79. The SMILES string of the molecule is O=C(NCCCC(=O)N1CCN(C2CCCC2)CC1)c1ccc(F)cc1F. The van der Waals surface area contributed by atoms with Crippen molar-refractivity contribution in [3.63, 3.8) is 0 Å². The lowest BCUT2D eigenvalue weighted by Gasteiger charge is -2.38. The highest BCUT2D eigenvalue weighted by atomic mass is 19.1. The van der Waals surface area contributed by atoms with Crippen molar-refractivity contribution >= 4 is 11.8 Å². The van der Waals surface area contributed by atoms with Crippen LogP contribution in [0.4, 0.5) is 8.78 Å². The van der Waals surface area contributed by atoms with Crippen molar-refractivity contribution in [2.75, 3.05) is 32.7 Å². The molecule has 0 unspecified atom stereocenters. The quantitative estimate of drug-likeness (QED) is 0.773. The number of rotatable bonds is 6. The van der Waals surface area contributed by atoms with E-state index >= 15 is 0 Å². The van der Waals surface area contributed by atoms with Crippen LogP contribution < -0.4 is 5.32 Å². The fraction of sp³-hybridized carbons (Fsp3) is 0.600. The summed E-state index contributed by atoms with van der Waals surface area (Å²) in [6.45, 7) is 3.70. The molecule has 1 aromatic carbocycles. The molecule has 148 valence electrons. The predicted molar refractivity (Wildman–Crippen MR) is 98.3 cm³/mol. The Morgan fingerprint density at radius 1 is 1.07 bits per heavy atom. The summed E-state index contributed by atoms with van der Waals surface area (Å²) in [5.41, 5.74) is -0.189. The zero-order valence-electron chi connectivity index (χ0n) is 15.6. The number of carbonyl (C=O) groups is 2. The number of hydrogen-bond acceptors (Lipinski definition) is 3. The maximum atomic E-state index is 13.6. The molecule has 0 aromatic heterocycles. The molecule has 3 rings (SSSR count). The van der Waals surface area contributed by atoms with Gasteiger partial charge < -0.3 is 10.2 Å². The molecule has 1 saturated heterocycles. The predicted octanol–water partition coefficient (Wildman–Crippen LogP) is 2.56. The van der Waals surface area contributed by atoms with Crippen LogP contribution in [0.25, 0.3) is 0 Å². The Hall–Kier alpha value is -2.02. The van der Waals surface area contributed by atoms with E-state index < -0.39 is 17.5 Å². The summed E-state index contributed by atoms with van der Waals surface area (Å²) < 4.78 is 26.4. The Labute approximate surface area is 158 Å². The molecule has 2 fully saturated rings. The molecule has 2 aliphatic rings. The molecular formula is C20H27F2N3O2. The van der Waals surface area contributed by atoms with Gasteiger partial charge >= 0.3 is 0 Å². The van der Waals surface area contributed by atoms with E-state index in [2.05, 4.69) is 10.2 Å². The summed E-state index contributed by atoms with van der Waals surface area (Å²) >= 11 is 0. The highest BCUT2D eigenvalue weighted by molar-refractivity contribution is 5.94. The number of piperazine rings is 1. The fourth-order valence-corrected chi connectivity index (χ4v) is 3.97. The van der Waals surface area contributed by atoms with Crippen molar-refractivity contribution in [2.24, 2.45) is 0 Å². The van der Waals surface area contributed by atoms with E-state index in [0.717, 1.165) is 38.3 Å². The molecule has 2 amide bonds. The topological polar surface area (TPSA) is 52.7 Å². The number of nitrogens with one attached hydrogen (secondary N) is 1. The van der Waals surface area contributed by atoms with Gasteiger partial charge in [-0.2, -0.15) is 0 Å². The minimum atomic E-state index is -0.885. The standard InChI is InChI=1S/C20H27F2N3O2/c21-15-7-8-17(18(22)14-15)20(27)23-9-3-6-19(26)25-12-10-24(11-13-25)16-4-1-2-5-16/h7-8,14,16H,1-6,9-13H2,(H,23,27). The summed E-state index contributed by atoms with van der Waals surface area (Å²) in [4.78, 5) is 28.6. The molecule has 1 saturated carbocycles. The summed E-state index contributed by atoms with van der Waals surface area (Å²) in [6.07, 6.45) is 6.05. The number of hydrogen-bond donors (Lipinski definition) is 1. The molecule has 0 spiro atoms. The zero-order valence-corrected chi connectivity index (χ0v) is 15.6. The third-order valence-corrected chi connectivity index (χ3v) is 5.54. The van der Waals surface area contributed by atoms with Gasteiger partial charge in [0.2, 0.25) is 5.91 Å². The van der Waals surface area contributed by atoms with Gasteiger partial charge in [0, 0.05) is 51.3 Å². The molecule has 1 N–H and O–H groups in total. The van der Waals surface area contributed by atoms with Crippen LogP contribution in [0.5, 0.6) is 0 Å². The summed E-state index contributed by atoms with van der Waals surface area (Å²) in [5.74, 6) is -2.10. The molecule has 27 heavy (non-hydrogen) atoms. The van der Waals surface area contributed by atoms with Gasteiger partial charge in [0.15, 0.2) is 0 Å². The molecular weight excluding hydrogens is 352 g/mol. The van der Waals surface area contributed by atoms with Crippen LogP contribution in [0.2, 0.25) is 0 Å². The van der Waals surface area contributed by atoms with E-state index in [1.807, 2.05) is 4.90 Å². The van der Waals surface area contributed by atoms with E-state index in [9.17, 15) is 18.4 Å². The van der Waals surface area contributed by atoms with Gasteiger partial charge in [-0.05, 0) is 31.4 Å². The monoisotopic (exact) mass is 379 g/mol. The lowest BCUT2D eigenvalue weighted by atomic mass is 10.1. The van der Waals surface area contributed by atoms with Gasteiger partial charge in [0.25, 0.3) is 5.91 Å². The molecule has 1 aromatic rings. The van der Waals surface area contributed by atoms with E-state index in [-0.39, 0.29) is 18.0 Å². The third kappa shape index (κ3) is 5.25. The molecule has 1 aliphatic heterocycles. The maximum Gasteiger partial charge on any atom is 0.254 e. The van der Waals surface area contributed by atoms with Gasteiger partial charge in [-0.25, -0.2) is 8.78 Å². The van der Waals surface area contributed by atoms with Crippen molar-refractivity contribution in [1.29, 1.82) is 0 Å².